The first-order valence-corrected chi connectivity index (χ1v) is 8.12. The van der Waals surface area contributed by atoms with E-state index in [9.17, 15) is 4.79 Å². The molecule has 0 radical (unpaired) electrons. The summed E-state index contributed by atoms with van der Waals surface area (Å²) in [5.74, 6) is 0.0316. The van der Waals surface area contributed by atoms with Crippen molar-refractivity contribution in [1.29, 1.82) is 0 Å². The first-order chi connectivity index (χ1) is 10.7. The van der Waals surface area contributed by atoms with Gasteiger partial charge in [0, 0.05) is 36.2 Å². The van der Waals surface area contributed by atoms with Crippen molar-refractivity contribution in [3.05, 3.63) is 41.0 Å². The molecule has 3 rings (SSSR count). The second kappa shape index (κ2) is 6.63. The van der Waals surface area contributed by atoms with Crippen molar-refractivity contribution in [3.8, 4) is 0 Å². The fourth-order valence-corrected chi connectivity index (χ4v) is 3.21. The van der Waals surface area contributed by atoms with Gasteiger partial charge >= 0.3 is 0 Å². The summed E-state index contributed by atoms with van der Waals surface area (Å²) in [4.78, 5) is 21.6. The Morgan fingerprint density at radius 1 is 1.27 bits per heavy atom. The fraction of sp³-hybridized carbons (Fsp3) is 0.412. The number of nitrogens with zero attached hydrogens (tertiary/aromatic N) is 3. The predicted molar refractivity (Wildman–Crippen MR) is 89.4 cm³/mol. The minimum absolute atomic E-state index is 0.0316. The first-order valence-electron chi connectivity index (χ1n) is 7.75. The molecule has 1 aromatic heterocycles. The van der Waals surface area contributed by atoms with Gasteiger partial charge in [0.2, 0.25) is 0 Å². The van der Waals surface area contributed by atoms with E-state index in [2.05, 4.69) is 16.8 Å². The van der Waals surface area contributed by atoms with Crippen LogP contribution in [0.3, 0.4) is 0 Å². The maximum Gasteiger partial charge on any atom is 0.256 e. The zero-order chi connectivity index (χ0) is 15.5. The van der Waals surface area contributed by atoms with Crippen LogP contribution in [0.1, 0.15) is 23.7 Å². The van der Waals surface area contributed by atoms with Crippen LogP contribution in [0, 0.1) is 0 Å². The molecule has 0 atom stereocenters. The number of hydrogen-bond acceptors (Lipinski definition) is 3. The van der Waals surface area contributed by atoms with E-state index < -0.39 is 0 Å². The van der Waals surface area contributed by atoms with Crippen molar-refractivity contribution >= 4 is 28.4 Å². The number of carbonyl (C=O) groups is 1. The SMILES string of the molecule is CCN1CCCN(C(=O)c2cc(Cl)cc3cccnc23)CC1. The Kier molecular flexibility index (Phi) is 4.60. The normalized spacial score (nSPS) is 16.7. The summed E-state index contributed by atoms with van der Waals surface area (Å²) in [7, 11) is 0. The van der Waals surface area contributed by atoms with Gasteiger partial charge in [0.25, 0.3) is 5.91 Å². The van der Waals surface area contributed by atoms with Gasteiger partial charge in [-0.15, -0.1) is 0 Å². The highest BCUT2D eigenvalue weighted by atomic mass is 35.5. The van der Waals surface area contributed by atoms with E-state index in [-0.39, 0.29) is 5.91 Å². The van der Waals surface area contributed by atoms with Crippen LogP contribution >= 0.6 is 11.6 Å². The van der Waals surface area contributed by atoms with E-state index >= 15 is 0 Å². The summed E-state index contributed by atoms with van der Waals surface area (Å²) in [6.45, 7) is 6.71. The summed E-state index contributed by atoms with van der Waals surface area (Å²) in [5.41, 5.74) is 1.33. The molecule has 0 spiro atoms. The zero-order valence-corrected chi connectivity index (χ0v) is 13.5. The number of aromatic nitrogens is 1. The number of amides is 1. The largest absolute Gasteiger partial charge is 0.337 e. The van der Waals surface area contributed by atoms with Crippen LogP contribution in [-0.2, 0) is 0 Å². The van der Waals surface area contributed by atoms with E-state index in [1.165, 1.54) is 0 Å². The zero-order valence-electron chi connectivity index (χ0n) is 12.8. The lowest BCUT2D eigenvalue weighted by Crippen LogP contribution is -2.35. The maximum absolute atomic E-state index is 12.9. The second-order valence-electron chi connectivity index (χ2n) is 5.61. The van der Waals surface area contributed by atoms with E-state index in [1.807, 2.05) is 23.1 Å². The average molecular weight is 318 g/mol. The third kappa shape index (κ3) is 3.08. The van der Waals surface area contributed by atoms with Gasteiger partial charge in [-0.25, -0.2) is 0 Å². The molecule has 1 saturated heterocycles. The van der Waals surface area contributed by atoms with Gasteiger partial charge in [-0.1, -0.05) is 24.6 Å². The van der Waals surface area contributed by atoms with Gasteiger partial charge in [-0.2, -0.15) is 0 Å². The Bertz CT molecular complexity index is 689. The molecule has 2 aromatic rings. The highest BCUT2D eigenvalue weighted by molar-refractivity contribution is 6.32. The highest BCUT2D eigenvalue weighted by Crippen LogP contribution is 2.24. The Labute approximate surface area is 135 Å². The molecule has 1 aliphatic rings. The number of fused-ring (bicyclic) bond motifs is 1. The highest BCUT2D eigenvalue weighted by Gasteiger charge is 2.22. The Hall–Kier alpha value is -1.65. The molecule has 1 aromatic carbocycles. The number of likely N-dealkylation sites (N-methyl/N-ethyl adjacent to an activating group) is 1. The van der Waals surface area contributed by atoms with Gasteiger partial charge in [-0.3, -0.25) is 9.78 Å². The van der Waals surface area contributed by atoms with Crippen LogP contribution in [0.2, 0.25) is 5.02 Å². The Morgan fingerprint density at radius 2 is 2.14 bits per heavy atom. The van der Waals surface area contributed by atoms with Gasteiger partial charge in [-0.05, 0) is 37.7 Å². The van der Waals surface area contributed by atoms with Crippen molar-refractivity contribution < 1.29 is 4.79 Å². The number of halogens is 1. The molecule has 1 aliphatic heterocycles. The molecule has 1 fully saturated rings. The van der Waals surface area contributed by atoms with E-state index in [1.54, 1.807) is 12.3 Å². The lowest BCUT2D eigenvalue weighted by atomic mass is 10.1. The van der Waals surface area contributed by atoms with Crippen molar-refractivity contribution in [2.75, 3.05) is 32.7 Å². The quantitative estimate of drug-likeness (QED) is 0.854. The van der Waals surface area contributed by atoms with Crippen LogP contribution in [0.4, 0.5) is 0 Å². The molecule has 0 N–H and O–H groups in total. The molecule has 2 heterocycles. The second-order valence-corrected chi connectivity index (χ2v) is 6.04. The van der Waals surface area contributed by atoms with Crippen LogP contribution in [0.15, 0.2) is 30.5 Å². The predicted octanol–water partition coefficient (Wildman–Crippen LogP) is 3.06. The molecule has 0 unspecified atom stereocenters. The molecule has 1 amide bonds. The summed E-state index contributed by atoms with van der Waals surface area (Å²) < 4.78 is 0. The van der Waals surface area contributed by atoms with Crippen LogP contribution in [0.5, 0.6) is 0 Å². The molecule has 0 aliphatic carbocycles. The number of rotatable bonds is 2. The third-order valence-corrected chi connectivity index (χ3v) is 4.44. The molecule has 22 heavy (non-hydrogen) atoms. The molecule has 5 heteroatoms. The summed E-state index contributed by atoms with van der Waals surface area (Å²) >= 11 is 6.18. The Balaban J connectivity index is 1.92. The number of hydrogen-bond donors (Lipinski definition) is 0. The molecule has 0 saturated carbocycles. The van der Waals surface area contributed by atoms with Gasteiger partial charge < -0.3 is 9.80 Å². The van der Waals surface area contributed by atoms with E-state index in [4.69, 9.17) is 11.6 Å². The summed E-state index contributed by atoms with van der Waals surface area (Å²) in [6.07, 6.45) is 2.72. The molecule has 0 bridgehead atoms. The van der Waals surface area contributed by atoms with Gasteiger partial charge in [0.1, 0.15) is 0 Å². The Morgan fingerprint density at radius 3 is 2.95 bits per heavy atom. The molecule has 4 nitrogen and oxygen atoms in total. The van der Waals surface area contributed by atoms with Crippen LogP contribution < -0.4 is 0 Å². The maximum atomic E-state index is 12.9. The summed E-state index contributed by atoms with van der Waals surface area (Å²) in [6, 6.07) is 7.38. The summed E-state index contributed by atoms with van der Waals surface area (Å²) in [5, 5.41) is 1.48. The fourth-order valence-electron chi connectivity index (χ4n) is 2.98. The lowest BCUT2D eigenvalue weighted by Gasteiger charge is -2.22. The molecule has 116 valence electrons. The monoisotopic (exact) mass is 317 g/mol. The van der Waals surface area contributed by atoms with Gasteiger partial charge in [0.15, 0.2) is 0 Å². The molecular formula is C17H20ClN3O. The van der Waals surface area contributed by atoms with Crippen LogP contribution in [0.25, 0.3) is 10.9 Å². The average Bonchev–Trinajstić information content (AvgIpc) is 2.78. The third-order valence-electron chi connectivity index (χ3n) is 4.22. The smallest absolute Gasteiger partial charge is 0.256 e. The topological polar surface area (TPSA) is 36.4 Å². The first kappa shape index (κ1) is 15.3. The van der Waals surface area contributed by atoms with Crippen molar-refractivity contribution in [2.45, 2.75) is 13.3 Å². The lowest BCUT2D eigenvalue weighted by molar-refractivity contribution is 0.0763. The number of benzene rings is 1. The van der Waals surface area contributed by atoms with Gasteiger partial charge in [0.05, 0.1) is 11.1 Å². The minimum Gasteiger partial charge on any atom is -0.337 e. The standard InChI is InChI=1S/C17H20ClN3O/c1-2-20-7-4-8-21(10-9-20)17(22)15-12-14(18)11-13-5-3-6-19-16(13)15/h3,5-6,11-12H,2,4,7-10H2,1H3. The number of carbonyl (C=O) groups excluding carboxylic acids is 1. The van der Waals surface area contributed by atoms with Crippen LogP contribution in [-0.4, -0.2) is 53.4 Å². The number of pyridine rings is 1. The van der Waals surface area contributed by atoms with Crippen molar-refractivity contribution in [2.24, 2.45) is 0 Å². The minimum atomic E-state index is 0.0316. The van der Waals surface area contributed by atoms with Crippen molar-refractivity contribution in [3.63, 3.8) is 0 Å². The van der Waals surface area contributed by atoms with E-state index in [0.29, 0.717) is 10.6 Å². The van der Waals surface area contributed by atoms with Crippen molar-refractivity contribution in [1.82, 2.24) is 14.8 Å². The molecular weight excluding hydrogens is 298 g/mol. The van der Waals surface area contributed by atoms with E-state index in [0.717, 1.165) is 50.0 Å².